The Balaban J connectivity index is 1.08. The van der Waals surface area contributed by atoms with E-state index in [9.17, 15) is 0 Å². The molecule has 290 valence electrons. The Morgan fingerprint density at radius 2 is 0.661 bits per heavy atom. The lowest BCUT2D eigenvalue weighted by Crippen LogP contribution is -1.95. The fraction of sp³-hybridized carbons (Fsp3) is 0. The Bertz CT molecular complexity index is 3580. The van der Waals surface area contributed by atoms with Crippen LogP contribution < -0.4 is 0 Å². The lowest BCUT2D eigenvalue weighted by Gasteiger charge is -2.13. The van der Waals surface area contributed by atoms with E-state index in [1.54, 1.807) is 0 Å². The molecule has 0 fully saturated rings. The summed E-state index contributed by atoms with van der Waals surface area (Å²) in [4.78, 5) is 0. The van der Waals surface area contributed by atoms with Crippen LogP contribution in [0.3, 0.4) is 0 Å². The molecular weight excluding hydrogens is 749 g/mol. The van der Waals surface area contributed by atoms with Crippen LogP contribution in [0.1, 0.15) is 0 Å². The van der Waals surface area contributed by atoms with E-state index in [0.29, 0.717) is 0 Å². The van der Waals surface area contributed by atoms with E-state index in [1.165, 1.54) is 99.2 Å². The summed E-state index contributed by atoms with van der Waals surface area (Å²) in [5, 5.41) is 4.95. The highest BCUT2D eigenvalue weighted by Crippen LogP contribution is 2.44. The van der Waals surface area contributed by atoms with Crippen molar-refractivity contribution in [2.45, 2.75) is 0 Å². The second-order valence-electron chi connectivity index (χ2n) is 16.1. The molecule has 2 aromatic heterocycles. The van der Waals surface area contributed by atoms with Crippen LogP contribution in [0.15, 0.2) is 243 Å². The molecule has 0 aliphatic carbocycles. The summed E-state index contributed by atoms with van der Waals surface area (Å²) in [5.74, 6) is 0. The van der Waals surface area contributed by atoms with Crippen LogP contribution in [-0.2, 0) is 0 Å². The SMILES string of the molecule is c1ccc(-c2ccc(-n3c4ccccc4c4cc(-c5ccc6c(c5)c5c(-c7ccccc7)cc(-c7ccccc7)cc5n6-c5cccc(-c6ccccc6)c5)ccc43)cc2)cc1. The first kappa shape index (κ1) is 35.7. The summed E-state index contributed by atoms with van der Waals surface area (Å²) in [6.07, 6.45) is 0. The molecule has 0 amide bonds. The molecule has 0 radical (unpaired) electrons. The molecule has 0 aliphatic rings. The van der Waals surface area contributed by atoms with Gasteiger partial charge >= 0.3 is 0 Å². The van der Waals surface area contributed by atoms with Gasteiger partial charge < -0.3 is 9.13 Å². The van der Waals surface area contributed by atoms with Crippen LogP contribution in [0, 0.1) is 0 Å². The quantitative estimate of drug-likeness (QED) is 0.152. The van der Waals surface area contributed by atoms with Gasteiger partial charge in [0.1, 0.15) is 0 Å². The third-order valence-electron chi connectivity index (χ3n) is 12.5. The molecule has 0 bridgehead atoms. The zero-order valence-corrected chi connectivity index (χ0v) is 34.0. The Labute approximate surface area is 360 Å². The molecule has 0 saturated carbocycles. The van der Waals surface area contributed by atoms with Gasteiger partial charge in [0, 0.05) is 32.9 Å². The minimum atomic E-state index is 1.13. The number of hydrogen-bond donors (Lipinski definition) is 0. The number of para-hydroxylation sites is 1. The van der Waals surface area contributed by atoms with Crippen molar-refractivity contribution >= 4 is 43.6 Å². The monoisotopic (exact) mass is 788 g/mol. The number of aromatic nitrogens is 2. The molecule has 12 aromatic rings. The van der Waals surface area contributed by atoms with E-state index >= 15 is 0 Å². The van der Waals surface area contributed by atoms with Crippen LogP contribution in [-0.4, -0.2) is 9.13 Å². The van der Waals surface area contributed by atoms with Crippen molar-refractivity contribution in [1.82, 2.24) is 9.13 Å². The number of nitrogens with zero attached hydrogens (tertiary/aromatic N) is 2. The third-order valence-corrected chi connectivity index (χ3v) is 12.5. The van der Waals surface area contributed by atoms with Gasteiger partial charge in [0.2, 0.25) is 0 Å². The van der Waals surface area contributed by atoms with E-state index in [4.69, 9.17) is 0 Å². The summed E-state index contributed by atoms with van der Waals surface area (Å²) in [6.45, 7) is 0. The van der Waals surface area contributed by atoms with Crippen LogP contribution in [0.4, 0.5) is 0 Å². The zero-order valence-electron chi connectivity index (χ0n) is 34.0. The van der Waals surface area contributed by atoms with Crippen molar-refractivity contribution in [2.24, 2.45) is 0 Å². The lowest BCUT2D eigenvalue weighted by molar-refractivity contribution is 1.18. The molecule has 2 nitrogen and oxygen atoms in total. The van der Waals surface area contributed by atoms with Crippen LogP contribution in [0.2, 0.25) is 0 Å². The number of rotatable bonds is 7. The molecule has 0 atom stereocenters. The first-order valence-corrected chi connectivity index (χ1v) is 21.3. The fourth-order valence-corrected chi connectivity index (χ4v) is 9.57. The normalized spacial score (nSPS) is 11.5. The first-order chi connectivity index (χ1) is 30.7. The van der Waals surface area contributed by atoms with Crippen LogP contribution >= 0.6 is 0 Å². The number of benzene rings is 10. The predicted molar refractivity (Wildman–Crippen MR) is 262 cm³/mol. The van der Waals surface area contributed by atoms with E-state index in [0.717, 1.165) is 11.4 Å². The first-order valence-electron chi connectivity index (χ1n) is 21.3. The standard InChI is InChI=1S/C60H40N2/c1-5-16-41(17-6-1)44-28-32-50(33-29-44)61-56-27-14-13-26-52(56)54-37-47(30-34-57(54)61)48-31-35-58-55(38-48)60-53(45-22-11-4-12-23-45)39-49(43-20-9-3-10-21-43)40-59(60)62(58)51-25-15-24-46(36-51)42-18-7-2-8-19-42/h1-40H. The Hall–Kier alpha value is -8.20. The minimum absolute atomic E-state index is 1.13. The van der Waals surface area contributed by atoms with E-state index in [1.807, 2.05) is 0 Å². The summed E-state index contributed by atoms with van der Waals surface area (Å²) < 4.78 is 4.87. The van der Waals surface area contributed by atoms with Gasteiger partial charge in [0.25, 0.3) is 0 Å². The Morgan fingerprint density at radius 3 is 1.32 bits per heavy atom. The highest BCUT2D eigenvalue weighted by Gasteiger charge is 2.20. The van der Waals surface area contributed by atoms with Gasteiger partial charge in [-0.3, -0.25) is 0 Å². The molecular formula is C60H40N2. The van der Waals surface area contributed by atoms with E-state index in [-0.39, 0.29) is 0 Å². The number of hydrogen-bond acceptors (Lipinski definition) is 0. The third kappa shape index (κ3) is 6.04. The van der Waals surface area contributed by atoms with Crippen molar-refractivity contribution < 1.29 is 0 Å². The van der Waals surface area contributed by atoms with Gasteiger partial charge in [0.05, 0.1) is 22.1 Å². The molecule has 0 aliphatic heterocycles. The largest absolute Gasteiger partial charge is 0.309 e. The average Bonchev–Trinajstić information content (AvgIpc) is 3.87. The van der Waals surface area contributed by atoms with Gasteiger partial charge in [0.15, 0.2) is 0 Å². The van der Waals surface area contributed by atoms with Gasteiger partial charge in [-0.1, -0.05) is 176 Å². The fourth-order valence-electron chi connectivity index (χ4n) is 9.57. The molecule has 0 unspecified atom stereocenters. The predicted octanol–water partition coefficient (Wildman–Crippen LogP) is 16.2. The topological polar surface area (TPSA) is 9.86 Å². The molecule has 0 saturated heterocycles. The lowest BCUT2D eigenvalue weighted by atomic mass is 9.93. The molecule has 0 spiro atoms. The molecule has 2 heteroatoms. The smallest absolute Gasteiger partial charge is 0.0553 e. The molecule has 10 aromatic carbocycles. The molecule has 2 heterocycles. The van der Waals surface area contributed by atoms with Gasteiger partial charge in [-0.2, -0.15) is 0 Å². The Kier molecular flexibility index (Phi) is 8.53. The minimum Gasteiger partial charge on any atom is -0.309 e. The maximum Gasteiger partial charge on any atom is 0.0553 e. The highest BCUT2D eigenvalue weighted by molar-refractivity contribution is 6.18. The van der Waals surface area contributed by atoms with Crippen LogP contribution in [0.5, 0.6) is 0 Å². The maximum absolute atomic E-state index is 2.47. The second-order valence-corrected chi connectivity index (χ2v) is 16.1. The Morgan fingerprint density at radius 1 is 0.210 bits per heavy atom. The summed E-state index contributed by atoms with van der Waals surface area (Å²) in [6, 6.07) is 88.5. The van der Waals surface area contributed by atoms with E-state index < -0.39 is 0 Å². The van der Waals surface area contributed by atoms with Crippen LogP contribution in [0.25, 0.3) is 111 Å². The van der Waals surface area contributed by atoms with Gasteiger partial charge in [-0.05, 0) is 122 Å². The summed E-state index contributed by atoms with van der Waals surface area (Å²) in [7, 11) is 0. The maximum atomic E-state index is 2.47. The molecule has 12 rings (SSSR count). The van der Waals surface area contributed by atoms with Crippen molar-refractivity contribution in [3.05, 3.63) is 243 Å². The van der Waals surface area contributed by atoms with E-state index in [2.05, 4.69) is 252 Å². The zero-order chi connectivity index (χ0) is 41.0. The summed E-state index contributed by atoms with van der Waals surface area (Å²) >= 11 is 0. The molecule has 62 heavy (non-hydrogen) atoms. The van der Waals surface area contributed by atoms with Gasteiger partial charge in [-0.15, -0.1) is 0 Å². The van der Waals surface area contributed by atoms with Crippen molar-refractivity contribution in [3.8, 4) is 67.0 Å². The highest BCUT2D eigenvalue weighted by atomic mass is 15.0. The molecule has 0 N–H and O–H groups in total. The van der Waals surface area contributed by atoms with Crippen molar-refractivity contribution in [3.63, 3.8) is 0 Å². The number of fused-ring (bicyclic) bond motifs is 6. The van der Waals surface area contributed by atoms with Crippen molar-refractivity contribution in [2.75, 3.05) is 0 Å². The average molecular weight is 789 g/mol. The van der Waals surface area contributed by atoms with Gasteiger partial charge in [-0.25, -0.2) is 0 Å². The van der Waals surface area contributed by atoms with Crippen molar-refractivity contribution in [1.29, 1.82) is 0 Å². The second kappa shape index (κ2) is 14.8. The summed E-state index contributed by atoms with van der Waals surface area (Å²) in [5.41, 5.74) is 19.0.